The highest BCUT2D eigenvalue weighted by Gasteiger charge is 2.19. The van der Waals surface area contributed by atoms with Crippen molar-refractivity contribution in [2.45, 2.75) is 38.4 Å². The molecule has 0 spiro atoms. The van der Waals surface area contributed by atoms with Crippen molar-refractivity contribution in [3.05, 3.63) is 54.2 Å². The molecule has 1 amide bonds. The van der Waals surface area contributed by atoms with Crippen LogP contribution in [0, 0.1) is 6.92 Å². The fraction of sp³-hybridized carbons (Fsp3) is 0.300. The number of aromatic nitrogens is 4. The first-order valence-corrected chi connectivity index (χ1v) is 9.93. The van der Waals surface area contributed by atoms with Gasteiger partial charge in [-0.2, -0.15) is 0 Å². The standard InChI is InChI=1S/C20H23N5OS/c1-4-15(3)22-18(26)13-27-20-24-23-19(16-10-7-8-12-21-16)25(20)17-11-6-5-9-14(17)2/h5-12,15H,4,13H2,1-3H3,(H,22,26). The zero-order chi connectivity index (χ0) is 19.2. The number of hydrogen-bond acceptors (Lipinski definition) is 5. The number of carbonyl (C=O) groups is 1. The van der Waals surface area contributed by atoms with Crippen LogP contribution in [0.25, 0.3) is 17.2 Å². The minimum atomic E-state index is -0.00642. The Hall–Kier alpha value is -2.67. The molecule has 0 aliphatic carbocycles. The molecule has 1 unspecified atom stereocenters. The lowest BCUT2D eigenvalue weighted by molar-refractivity contribution is -0.119. The lowest BCUT2D eigenvalue weighted by Crippen LogP contribution is -2.33. The molecule has 1 N–H and O–H groups in total. The first-order chi connectivity index (χ1) is 13.1. The van der Waals surface area contributed by atoms with Gasteiger partial charge in [-0.25, -0.2) is 0 Å². The number of carbonyl (C=O) groups excluding carboxylic acids is 1. The van der Waals surface area contributed by atoms with Crippen molar-refractivity contribution < 1.29 is 4.79 Å². The molecule has 27 heavy (non-hydrogen) atoms. The summed E-state index contributed by atoms with van der Waals surface area (Å²) in [5.41, 5.74) is 2.82. The van der Waals surface area contributed by atoms with E-state index in [4.69, 9.17) is 0 Å². The summed E-state index contributed by atoms with van der Waals surface area (Å²) in [5.74, 6) is 0.944. The van der Waals surface area contributed by atoms with Crippen molar-refractivity contribution >= 4 is 17.7 Å². The Balaban J connectivity index is 1.94. The van der Waals surface area contributed by atoms with E-state index in [9.17, 15) is 4.79 Å². The Labute approximate surface area is 163 Å². The second-order valence-electron chi connectivity index (χ2n) is 6.31. The summed E-state index contributed by atoms with van der Waals surface area (Å²) < 4.78 is 1.97. The topological polar surface area (TPSA) is 72.7 Å². The van der Waals surface area contributed by atoms with Crippen molar-refractivity contribution in [3.8, 4) is 17.2 Å². The number of nitrogens with zero attached hydrogens (tertiary/aromatic N) is 4. The highest BCUT2D eigenvalue weighted by molar-refractivity contribution is 7.99. The number of para-hydroxylation sites is 1. The first-order valence-electron chi connectivity index (χ1n) is 8.95. The maximum absolute atomic E-state index is 12.2. The molecule has 0 bridgehead atoms. The van der Waals surface area contributed by atoms with Gasteiger partial charge in [0.25, 0.3) is 0 Å². The minimum Gasteiger partial charge on any atom is -0.353 e. The molecule has 140 valence electrons. The second-order valence-corrected chi connectivity index (χ2v) is 7.25. The number of nitrogens with one attached hydrogen (secondary N) is 1. The molecule has 7 heteroatoms. The van der Waals surface area contributed by atoms with Crippen LogP contribution < -0.4 is 5.32 Å². The molecule has 0 aliphatic rings. The van der Waals surface area contributed by atoms with E-state index in [1.165, 1.54) is 11.8 Å². The molecule has 1 atom stereocenters. The summed E-state index contributed by atoms with van der Waals surface area (Å²) >= 11 is 1.38. The third kappa shape index (κ3) is 4.54. The molecule has 2 aromatic heterocycles. The fourth-order valence-corrected chi connectivity index (χ4v) is 3.36. The summed E-state index contributed by atoms with van der Waals surface area (Å²) in [6.45, 7) is 6.09. The molecular formula is C20H23N5OS. The summed E-state index contributed by atoms with van der Waals surface area (Å²) in [6.07, 6.45) is 2.64. The number of rotatable bonds is 7. The molecule has 0 saturated heterocycles. The molecule has 6 nitrogen and oxygen atoms in total. The number of aryl methyl sites for hydroxylation is 1. The smallest absolute Gasteiger partial charge is 0.230 e. The van der Waals surface area contributed by atoms with Gasteiger partial charge in [-0.1, -0.05) is 43.0 Å². The van der Waals surface area contributed by atoms with Gasteiger partial charge < -0.3 is 5.32 Å². The normalized spacial score (nSPS) is 12.0. The summed E-state index contributed by atoms with van der Waals surface area (Å²) in [7, 11) is 0. The van der Waals surface area contributed by atoms with Gasteiger partial charge in [-0.15, -0.1) is 10.2 Å². The van der Waals surface area contributed by atoms with E-state index in [0.717, 1.165) is 23.4 Å². The Morgan fingerprint density at radius 3 is 2.67 bits per heavy atom. The van der Waals surface area contributed by atoms with Crippen molar-refractivity contribution in [1.82, 2.24) is 25.1 Å². The maximum atomic E-state index is 12.2. The van der Waals surface area contributed by atoms with Crippen LogP contribution in [0.4, 0.5) is 0 Å². The lowest BCUT2D eigenvalue weighted by Gasteiger charge is -2.13. The summed E-state index contributed by atoms with van der Waals surface area (Å²) in [6, 6.07) is 13.9. The van der Waals surface area contributed by atoms with E-state index >= 15 is 0 Å². The number of benzene rings is 1. The van der Waals surface area contributed by atoms with Gasteiger partial charge >= 0.3 is 0 Å². The Bertz CT molecular complexity index is 910. The van der Waals surface area contributed by atoms with Gasteiger partial charge in [0.1, 0.15) is 5.69 Å². The number of thioether (sulfide) groups is 1. The monoisotopic (exact) mass is 381 g/mol. The van der Waals surface area contributed by atoms with Crippen LogP contribution in [0.5, 0.6) is 0 Å². The van der Waals surface area contributed by atoms with Crippen molar-refractivity contribution in [2.75, 3.05) is 5.75 Å². The largest absolute Gasteiger partial charge is 0.353 e. The zero-order valence-corrected chi connectivity index (χ0v) is 16.5. The quantitative estimate of drug-likeness (QED) is 0.633. The van der Waals surface area contributed by atoms with Gasteiger partial charge in [0.2, 0.25) is 5.91 Å². The Kier molecular flexibility index (Phi) is 6.24. The molecule has 0 aliphatic heterocycles. The third-order valence-corrected chi connectivity index (χ3v) is 5.16. The molecule has 2 heterocycles. The Morgan fingerprint density at radius 2 is 1.96 bits per heavy atom. The molecule has 0 radical (unpaired) electrons. The van der Waals surface area contributed by atoms with Crippen molar-refractivity contribution in [1.29, 1.82) is 0 Å². The van der Waals surface area contributed by atoms with Crippen LogP contribution in [0.15, 0.2) is 53.8 Å². The van der Waals surface area contributed by atoms with Crippen LogP contribution >= 0.6 is 11.8 Å². The van der Waals surface area contributed by atoms with Gasteiger partial charge in [-0.3, -0.25) is 14.3 Å². The van der Waals surface area contributed by atoms with Gasteiger partial charge in [-0.05, 0) is 44.0 Å². The van der Waals surface area contributed by atoms with E-state index in [1.54, 1.807) is 6.20 Å². The highest BCUT2D eigenvalue weighted by Crippen LogP contribution is 2.28. The minimum absolute atomic E-state index is 0.00642. The number of pyridine rings is 1. The predicted octanol–water partition coefficient (Wildman–Crippen LogP) is 3.64. The first kappa shape index (κ1) is 19.1. The molecule has 3 aromatic rings. The predicted molar refractivity (Wildman–Crippen MR) is 108 cm³/mol. The van der Waals surface area contributed by atoms with Crippen molar-refractivity contribution in [3.63, 3.8) is 0 Å². The molecule has 3 rings (SSSR count). The number of amides is 1. The Morgan fingerprint density at radius 1 is 1.19 bits per heavy atom. The summed E-state index contributed by atoms with van der Waals surface area (Å²) in [4.78, 5) is 16.6. The van der Waals surface area contributed by atoms with Gasteiger partial charge in [0, 0.05) is 12.2 Å². The van der Waals surface area contributed by atoms with Crippen LogP contribution in [0.2, 0.25) is 0 Å². The van der Waals surface area contributed by atoms with E-state index in [0.29, 0.717) is 11.0 Å². The van der Waals surface area contributed by atoms with Crippen LogP contribution in [-0.4, -0.2) is 37.5 Å². The van der Waals surface area contributed by atoms with Crippen LogP contribution in [-0.2, 0) is 4.79 Å². The number of hydrogen-bond donors (Lipinski definition) is 1. The maximum Gasteiger partial charge on any atom is 0.230 e. The highest BCUT2D eigenvalue weighted by atomic mass is 32.2. The lowest BCUT2D eigenvalue weighted by atomic mass is 10.2. The van der Waals surface area contributed by atoms with E-state index < -0.39 is 0 Å². The van der Waals surface area contributed by atoms with Crippen LogP contribution in [0.3, 0.4) is 0 Å². The van der Waals surface area contributed by atoms with E-state index in [-0.39, 0.29) is 17.7 Å². The van der Waals surface area contributed by atoms with E-state index in [1.807, 2.05) is 67.8 Å². The zero-order valence-electron chi connectivity index (χ0n) is 15.7. The molecule has 1 aromatic carbocycles. The second kappa shape index (κ2) is 8.81. The van der Waals surface area contributed by atoms with Crippen molar-refractivity contribution in [2.24, 2.45) is 0 Å². The average Bonchev–Trinajstić information content (AvgIpc) is 3.11. The third-order valence-electron chi connectivity index (χ3n) is 4.24. The van der Waals surface area contributed by atoms with Crippen LogP contribution in [0.1, 0.15) is 25.8 Å². The van der Waals surface area contributed by atoms with E-state index in [2.05, 4.69) is 20.5 Å². The summed E-state index contributed by atoms with van der Waals surface area (Å²) in [5, 5.41) is 12.3. The molecule has 0 saturated carbocycles. The van der Waals surface area contributed by atoms with Gasteiger partial charge in [0.05, 0.1) is 11.4 Å². The fourth-order valence-electron chi connectivity index (χ4n) is 2.60. The average molecular weight is 382 g/mol. The SMILES string of the molecule is CCC(C)NC(=O)CSc1nnc(-c2ccccn2)n1-c1ccccc1C. The van der Waals surface area contributed by atoms with Gasteiger partial charge in [0.15, 0.2) is 11.0 Å². The molecule has 0 fully saturated rings. The molecular weight excluding hydrogens is 358 g/mol.